The molecule has 1 fully saturated rings. The SMILES string of the molecule is Cc1noc(C)c1CN1CCC(NC(=O)c2cc3ncccn3n2)C(O)C1. The summed E-state index contributed by atoms with van der Waals surface area (Å²) in [5, 5.41) is 21.6. The number of carbonyl (C=O) groups excluding carboxylic acids is 1. The molecule has 0 bridgehead atoms. The zero-order valence-corrected chi connectivity index (χ0v) is 15.3. The fourth-order valence-corrected chi connectivity index (χ4v) is 3.44. The van der Waals surface area contributed by atoms with Crippen molar-refractivity contribution in [1.29, 1.82) is 0 Å². The van der Waals surface area contributed by atoms with Crippen LogP contribution in [-0.2, 0) is 6.54 Å². The van der Waals surface area contributed by atoms with Crippen LogP contribution >= 0.6 is 0 Å². The maximum atomic E-state index is 12.5. The molecule has 27 heavy (non-hydrogen) atoms. The third-order valence-corrected chi connectivity index (χ3v) is 5.01. The Morgan fingerprint density at radius 3 is 3.00 bits per heavy atom. The second-order valence-corrected chi connectivity index (χ2v) is 6.93. The lowest BCUT2D eigenvalue weighted by atomic mass is 10.0. The van der Waals surface area contributed by atoms with E-state index in [9.17, 15) is 9.90 Å². The largest absolute Gasteiger partial charge is 0.390 e. The Balaban J connectivity index is 1.37. The van der Waals surface area contributed by atoms with E-state index in [1.54, 1.807) is 29.0 Å². The minimum absolute atomic E-state index is 0.291. The van der Waals surface area contributed by atoms with Crippen molar-refractivity contribution in [2.24, 2.45) is 0 Å². The van der Waals surface area contributed by atoms with Crippen molar-refractivity contribution < 1.29 is 14.4 Å². The van der Waals surface area contributed by atoms with Gasteiger partial charge in [-0.15, -0.1) is 0 Å². The van der Waals surface area contributed by atoms with Crippen molar-refractivity contribution in [3.8, 4) is 0 Å². The smallest absolute Gasteiger partial charge is 0.272 e. The molecule has 1 aliphatic heterocycles. The van der Waals surface area contributed by atoms with Crippen molar-refractivity contribution >= 4 is 11.6 Å². The molecular weight excluding hydrogens is 348 g/mol. The molecule has 2 N–H and O–H groups in total. The molecule has 0 aliphatic carbocycles. The highest BCUT2D eigenvalue weighted by molar-refractivity contribution is 5.93. The number of nitrogens with zero attached hydrogens (tertiary/aromatic N) is 5. The Kier molecular flexibility index (Phi) is 4.63. The normalized spacial score (nSPS) is 20.9. The third-order valence-electron chi connectivity index (χ3n) is 5.01. The lowest BCUT2D eigenvalue weighted by Gasteiger charge is -2.36. The molecule has 1 aliphatic rings. The van der Waals surface area contributed by atoms with Gasteiger partial charge in [0.25, 0.3) is 5.91 Å². The van der Waals surface area contributed by atoms with Gasteiger partial charge in [-0.05, 0) is 26.3 Å². The van der Waals surface area contributed by atoms with Crippen LogP contribution in [0.15, 0.2) is 29.0 Å². The van der Waals surface area contributed by atoms with Crippen molar-refractivity contribution in [2.45, 2.75) is 39.0 Å². The predicted octanol–water partition coefficient (Wildman–Crippen LogP) is 0.699. The Labute approximate surface area is 156 Å². The second kappa shape index (κ2) is 7.09. The Bertz CT molecular complexity index is 913. The summed E-state index contributed by atoms with van der Waals surface area (Å²) in [5.41, 5.74) is 2.83. The number of hydrogen-bond donors (Lipinski definition) is 2. The summed E-state index contributed by atoms with van der Waals surface area (Å²) in [6.07, 6.45) is 3.39. The van der Waals surface area contributed by atoms with E-state index in [4.69, 9.17) is 4.52 Å². The number of aliphatic hydroxyl groups excluding tert-OH is 1. The quantitative estimate of drug-likeness (QED) is 0.696. The summed E-state index contributed by atoms with van der Waals surface area (Å²) in [7, 11) is 0. The molecule has 1 amide bonds. The van der Waals surface area contributed by atoms with Gasteiger partial charge in [-0.25, -0.2) is 9.50 Å². The first kappa shape index (κ1) is 17.6. The third kappa shape index (κ3) is 3.56. The molecule has 4 rings (SSSR count). The first-order valence-corrected chi connectivity index (χ1v) is 8.94. The second-order valence-electron chi connectivity index (χ2n) is 6.93. The molecule has 0 radical (unpaired) electrons. The van der Waals surface area contributed by atoms with Crippen molar-refractivity contribution in [3.05, 3.63) is 47.2 Å². The number of carbonyl (C=O) groups is 1. The number of aromatic nitrogens is 4. The monoisotopic (exact) mass is 370 g/mol. The molecule has 2 unspecified atom stereocenters. The van der Waals surface area contributed by atoms with Gasteiger partial charge < -0.3 is 14.9 Å². The van der Waals surface area contributed by atoms with Crippen LogP contribution in [0, 0.1) is 13.8 Å². The van der Waals surface area contributed by atoms with Gasteiger partial charge >= 0.3 is 0 Å². The number of aryl methyl sites for hydroxylation is 2. The molecule has 0 saturated carbocycles. The van der Waals surface area contributed by atoms with Crippen LogP contribution in [0.4, 0.5) is 0 Å². The van der Waals surface area contributed by atoms with E-state index in [-0.39, 0.29) is 11.9 Å². The highest BCUT2D eigenvalue weighted by atomic mass is 16.5. The maximum Gasteiger partial charge on any atom is 0.272 e. The number of fused-ring (bicyclic) bond motifs is 1. The van der Waals surface area contributed by atoms with Crippen LogP contribution in [0.3, 0.4) is 0 Å². The van der Waals surface area contributed by atoms with Crippen molar-refractivity contribution in [1.82, 2.24) is 30.0 Å². The molecule has 0 aromatic carbocycles. The number of piperidine rings is 1. The Hall–Kier alpha value is -2.78. The molecule has 9 nitrogen and oxygen atoms in total. The number of hydrogen-bond acceptors (Lipinski definition) is 7. The van der Waals surface area contributed by atoms with E-state index in [0.29, 0.717) is 30.9 Å². The summed E-state index contributed by atoms with van der Waals surface area (Å²) in [4.78, 5) is 18.8. The summed E-state index contributed by atoms with van der Waals surface area (Å²) in [6.45, 7) is 5.72. The Morgan fingerprint density at radius 1 is 1.44 bits per heavy atom. The molecule has 142 valence electrons. The molecule has 9 heteroatoms. The first-order valence-electron chi connectivity index (χ1n) is 8.94. The molecular formula is C18H22N6O3. The van der Waals surface area contributed by atoms with Gasteiger partial charge in [-0.1, -0.05) is 5.16 Å². The first-order chi connectivity index (χ1) is 13.0. The molecule has 4 heterocycles. The zero-order valence-electron chi connectivity index (χ0n) is 15.3. The minimum Gasteiger partial charge on any atom is -0.390 e. The average Bonchev–Trinajstić information content (AvgIpc) is 3.22. The van der Waals surface area contributed by atoms with Crippen LogP contribution in [0.5, 0.6) is 0 Å². The Morgan fingerprint density at radius 2 is 2.30 bits per heavy atom. The van der Waals surface area contributed by atoms with E-state index in [1.165, 1.54) is 0 Å². The maximum absolute atomic E-state index is 12.5. The standard InChI is InChI=1S/C18H22N6O3/c1-11-13(12(2)27-22-11)9-23-7-4-14(16(25)10-23)20-18(26)15-8-17-19-5-3-6-24(17)21-15/h3,5-6,8,14,16,25H,4,7,9-10H2,1-2H3,(H,20,26). The van der Waals surface area contributed by atoms with Gasteiger partial charge in [-0.3, -0.25) is 9.69 Å². The van der Waals surface area contributed by atoms with Gasteiger partial charge in [0.15, 0.2) is 11.3 Å². The van der Waals surface area contributed by atoms with E-state index >= 15 is 0 Å². The van der Waals surface area contributed by atoms with Crippen LogP contribution < -0.4 is 5.32 Å². The van der Waals surface area contributed by atoms with Crippen LogP contribution in [0.25, 0.3) is 5.65 Å². The molecule has 1 saturated heterocycles. The predicted molar refractivity (Wildman–Crippen MR) is 96.1 cm³/mol. The highest BCUT2D eigenvalue weighted by Crippen LogP contribution is 2.19. The van der Waals surface area contributed by atoms with Gasteiger partial charge in [-0.2, -0.15) is 5.10 Å². The van der Waals surface area contributed by atoms with E-state index < -0.39 is 6.10 Å². The number of rotatable bonds is 4. The fourth-order valence-electron chi connectivity index (χ4n) is 3.44. The van der Waals surface area contributed by atoms with Crippen LogP contribution in [-0.4, -0.2) is 60.9 Å². The summed E-state index contributed by atoms with van der Waals surface area (Å²) >= 11 is 0. The number of amides is 1. The van der Waals surface area contributed by atoms with Crippen molar-refractivity contribution in [2.75, 3.05) is 13.1 Å². The van der Waals surface area contributed by atoms with Crippen LogP contribution in [0.2, 0.25) is 0 Å². The summed E-state index contributed by atoms with van der Waals surface area (Å²) < 4.78 is 6.75. The highest BCUT2D eigenvalue weighted by Gasteiger charge is 2.30. The van der Waals surface area contributed by atoms with Gasteiger partial charge in [0.05, 0.1) is 17.8 Å². The lowest BCUT2D eigenvalue weighted by molar-refractivity contribution is 0.0346. The average molecular weight is 370 g/mol. The minimum atomic E-state index is -0.654. The molecule has 3 aromatic rings. The number of aliphatic hydroxyl groups is 1. The van der Waals surface area contributed by atoms with E-state index in [2.05, 4.69) is 25.5 Å². The number of nitrogens with one attached hydrogen (secondary N) is 1. The molecule has 2 atom stereocenters. The topological polar surface area (TPSA) is 109 Å². The lowest BCUT2D eigenvalue weighted by Crippen LogP contribution is -2.53. The van der Waals surface area contributed by atoms with Gasteiger partial charge in [0.1, 0.15) is 5.76 Å². The van der Waals surface area contributed by atoms with E-state index in [1.807, 2.05) is 13.8 Å². The molecule has 0 spiro atoms. The number of β-amino-alcohol motifs (C(OH)–C–C–N with tert-alkyl or cyclic N) is 1. The fraction of sp³-hybridized carbons (Fsp3) is 0.444. The van der Waals surface area contributed by atoms with Crippen LogP contribution in [0.1, 0.15) is 33.9 Å². The summed E-state index contributed by atoms with van der Waals surface area (Å²) in [5.74, 6) is 0.501. The van der Waals surface area contributed by atoms with Crippen molar-refractivity contribution in [3.63, 3.8) is 0 Å². The zero-order chi connectivity index (χ0) is 19.0. The summed E-state index contributed by atoms with van der Waals surface area (Å²) in [6, 6.07) is 3.07. The van der Waals surface area contributed by atoms with E-state index in [0.717, 1.165) is 23.6 Å². The molecule has 3 aromatic heterocycles. The number of likely N-dealkylation sites (tertiary alicyclic amines) is 1. The van der Waals surface area contributed by atoms with Gasteiger partial charge in [0, 0.05) is 43.7 Å². The van der Waals surface area contributed by atoms with Gasteiger partial charge in [0.2, 0.25) is 0 Å².